The van der Waals surface area contributed by atoms with E-state index in [1.165, 1.54) is 10.4 Å². The number of halogens is 2. The molecule has 18 heavy (non-hydrogen) atoms. The van der Waals surface area contributed by atoms with Gasteiger partial charge in [-0.3, -0.25) is 0 Å². The van der Waals surface area contributed by atoms with Crippen LogP contribution in [0.25, 0.3) is 0 Å². The minimum Gasteiger partial charge on any atom is -0.212 e. The Balaban J connectivity index is 2.21. The Kier molecular flexibility index (Phi) is 4.24. The molecule has 1 aliphatic rings. The molecule has 1 saturated heterocycles. The Labute approximate surface area is 109 Å². The van der Waals surface area contributed by atoms with Crippen LogP contribution in [0.2, 0.25) is 0 Å². The quantitative estimate of drug-likeness (QED) is 0.835. The molecule has 0 spiro atoms. The van der Waals surface area contributed by atoms with E-state index in [9.17, 15) is 17.2 Å². The molecule has 2 rings (SSSR count). The Bertz CT molecular complexity index is 534. The van der Waals surface area contributed by atoms with Gasteiger partial charge < -0.3 is 0 Å². The summed E-state index contributed by atoms with van der Waals surface area (Å²) in [5.74, 6) is -0.0413. The maximum absolute atomic E-state index is 13.5. The summed E-state index contributed by atoms with van der Waals surface area (Å²) >= 11 is 1.56. The van der Waals surface area contributed by atoms with Gasteiger partial charge in [-0.15, -0.1) is 0 Å². The highest BCUT2D eigenvalue weighted by Gasteiger charge is 2.25. The minimum absolute atomic E-state index is 0.0327. The topological polar surface area (TPSA) is 37.4 Å². The zero-order chi connectivity index (χ0) is 13.2. The molecule has 1 aromatic rings. The lowest BCUT2D eigenvalue weighted by atomic mass is 10.2. The molecule has 0 atom stereocenters. The summed E-state index contributed by atoms with van der Waals surface area (Å²) in [6.45, 7) is 0.332. The van der Waals surface area contributed by atoms with Crippen molar-refractivity contribution in [3.8, 4) is 0 Å². The molecule has 0 saturated carbocycles. The Morgan fingerprint density at radius 1 is 1.28 bits per heavy atom. The van der Waals surface area contributed by atoms with E-state index in [1.807, 2.05) is 0 Å². The van der Waals surface area contributed by atoms with Gasteiger partial charge in [0.15, 0.2) is 0 Å². The van der Waals surface area contributed by atoms with Gasteiger partial charge in [-0.25, -0.2) is 17.2 Å². The third-order valence-electron chi connectivity index (χ3n) is 2.73. The summed E-state index contributed by atoms with van der Waals surface area (Å²) in [7, 11) is -3.33. The molecule has 0 bridgehead atoms. The third kappa shape index (κ3) is 3.21. The smallest absolute Gasteiger partial charge is 0.212 e. The highest BCUT2D eigenvalue weighted by atomic mass is 32.2. The molecule has 1 aromatic carbocycles. The number of benzene rings is 1. The summed E-state index contributed by atoms with van der Waals surface area (Å²) < 4.78 is 51.3. The molecule has 1 fully saturated rings. The highest BCUT2D eigenvalue weighted by molar-refractivity contribution is 8.00. The highest BCUT2D eigenvalue weighted by Crippen LogP contribution is 2.18. The van der Waals surface area contributed by atoms with Crippen molar-refractivity contribution in [2.45, 2.75) is 6.54 Å². The van der Waals surface area contributed by atoms with Gasteiger partial charge in [0.2, 0.25) is 10.0 Å². The molecule has 0 N–H and O–H groups in total. The molecule has 3 nitrogen and oxygen atoms in total. The number of rotatable bonds is 2. The monoisotopic (exact) mass is 293 g/mol. The second-order valence-electron chi connectivity index (χ2n) is 4.00. The van der Waals surface area contributed by atoms with Crippen LogP contribution < -0.4 is 0 Å². The van der Waals surface area contributed by atoms with Crippen LogP contribution in [-0.4, -0.2) is 36.5 Å². The van der Waals surface area contributed by atoms with Gasteiger partial charge in [0.1, 0.15) is 11.6 Å². The maximum Gasteiger partial charge on any atom is 0.215 e. The Hall–Kier alpha value is -0.660. The molecule has 0 aliphatic carbocycles. The predicted octanol–water partition coefficient (Wildman–Crippen LogP) is 1.84. The van der Waals surface area contributed by atoms with Crippen molar-refractivity contribution in [1.29, 1.82) is 0 Å². The lowest BCUT2D eigenvalue weighted by Crippen LogP contribution is -2.33. The van der Waals surface area contributed by atoms with Crippen LogP contribution >= 0.6 is 11.8 Å². The van der Waals surface area contributed by atoms with Crippen LogP contribution in [0.15, 0.2) is 18.2 Å². The first-order valence-corrected chi connectivity index (χ1v) is 8.25. The van der Waals surface area contributed by atoms with E-state index in [0.717, 1.165) is 12.1 Å². The number of hydrogen-bond donors (Lipinski definition) is 0. The van der Waals surface area contributed by atoms with Gasteiger partial charge in [-0.2, -0.15) is 16.1 Å². The molecule has 0 amide bonds. The van der Waals surface area contributed by atoms with Crippen LogP contribution in [0.3, 0.4) is 0 Å². The van der Waals surface area contributed by atoms with E-state index in [0.29, 0.717) is 18.1 Å². The van der Waals surface area contributed by atoms with Gasteiger partial charge in [0, 0.05) is 36.2 Å². The molecule has 0 aromatic heterocycles. The van der Waals surface area contributed by atoms with Gasteiger partial charge >= 0.3 is 0 Å². The second kappa shape index (κ2) is 5.54. The maximum atomic E-state index is 13.5. The van der Waals surface area contributed by atoms with Gasteiger partial charge in [0.25, 0.3) is 0 Å². The van der Waals surface area contributed by atoms with E-state index in [4.69, 9.17) is 0 Å². The molecule has 1 heterocycles. The lowest BCUT2D eigenvalue weighted by Gasteiger charge is -2.19. The number of hydrogen-bond acceptors (Lipinski definition) is 3. The first kappa shape index (κ1) is 13.8. The lowest BCUT2D eigenvalue weighted by molar-refractivity contribution is 0.419. The second-order valence-corrected chi connectivity index (χ2v) is 7.31. The Morgan fingerprint density at radius 2 is 2.06 bits per heavy atom. The number of nitrogens with zero attached hydrogens (tertiary/aromatic N) is 1. The molecular weight excluding hydrogens is 280 g/mol. The third-order valence-corrected chi connectivity index (χ3v) is 5.77. The van der Waals surface area contributed by atoms with Crippen molar-refractivity contribution in [2.24, 2.45) is 0 Å². The van der Waals surface area contributed by atoms with Crippen molar-refractivity contribution < 1.29 is 17.2 Å². The summed E-state index contributed by atoms with van der Waals surface area (Å²) in [4.78, 5) is 0. The van der Waals surface area contributed by atoms with E-state index < -0.39 is 21.7 Å². The SMILES string of the molecule is O=S1(=O)CCSCCN1Cc1ccc(F)cc1F. The van der Waals surface area contributed by atoms with Crippen molar-refractivity contribution >= 4 is 21.8 Å². The van der Waals surface area contributed by atoms with Crippen LogP contribution in [0.1, 0.15) is 5.56 Å². The van der Waals surface area contributed by atoms with Crippen molar-refractivity contribution in [1.82, 2.24) is 4.31 Å². The molecule has 0 radical (unpaired) electrons. The average molecular weight is 293 g/mol. The van der Waals surface area contributed by atoms with Gasteiger partial charge in [0.05, 0.1) is 5.75 Å². The normalized spacial score (nSPS) is 20.6. The fourth-order valence-corrected chi connectivity index (χ4v) is 4.66. The fourth-order valence-electron chi connectivity index (χ4n) is 1.72. The summed E-state index contributed by atoms with van der Waals surface area (Å²) in [6.07, 6.45) is 0. The van der Waals surface area contributed by atoms with E-state index in [1.54, 1.807) is 11.8 Å². The average Bonchev–Trinajstić information content (AvgIpc) is 2.44. The van der Waals surface area contributed by atoms with Crippen molar-refractivity contribution in [3.05, 3.63) is 35.4 Å². The van der Waals surface area contributed by atoms with Crippen molar-refractivity contribution in [3.63, 3.8) is 0 Å². The van der Waals surface area contributed by atoms with Crippen LogP contribution in [0.4, 0.5) is 8.78 Å². The van der Waals surface area contributed by atoms with E-state index in [2.05, 4.69) is 0 Å². The summed E-state index contributed by atoms with van der Waals surface area (Å²) in [5.41, 5.74) is 0.201. The largest absolute Gasteiger partial charge is 0.215 e. The molecule has 100 valence electrons. The Morgan fingerprint density at radius 3 is 2.78 bits per heavy atom. The van der Waals surface area contributed by atoms with Crippen LogP contribution in [0, 0.1) is 11.6 Å². The van der Waals surface area contributed by atoms with Crippen molar-refractivity contribution in [2.75, 3.05) is 23.8 Å². The molecule has 7 heteroatoms. The minimum atomic E-state index is -3.33. The standard InChI is InChI=1S/C11H13F2NO2S2/c12-10-2-1-9(11(13)7-10)8-14-3-4-17-5-6-18(14,15)16/h1-2,7H,3-6,8H2. The first-order valence-electron chi connectivity index (χ1n) is 5.48. The van der Waals surface area contributed by atoms with E-state index >= 15 is 0 Å². The first-order chi connectivity index (χ1) is 8.49. The number of sulfonamides is 1. The molecular formula is C11H13F2NO2S2. The number of thioether (sulfide) groups is 1. The predicted molar refractivity (Wildman–Crippen MR) is 67.9 cm³/mol. The van der Waals surface area contributed by atoms with Gasteiger partial charge in [-0.1, -0.05) is 6.07 Å². The summed E-state index contributed by atoms with van der Waals surface area (Å²) in [5, 5.41) is 0. The zero-order valence-corrected chi connectivity index (χ0v) is 11.2. The molecule has 0 unspecified atom stereocenters. The zero-order valence-electron chi connectivity index (χ0n) is 9.60. The molecule has 1 aliphatic heterocycles. The van der Waals surface area contributed by atoms with Gasteiger partial charge in [-0.05, 0) is 6.07 Å². The van der Waals surface area contributed by atoms with Crippen LogP contribution in [-0.2, 0) is 16.6 Å². The van der Waals surface area contributed by atoms with E-state index in [-0.39, 0.29) is 17.9 Å². The fraction of sp³-hybridized carbons (Fsp3) is 0.455. The summed E-state index contributed by atoms with van der Waals surface area (Å²) in [6, 6.07) is 3.20. The van der Waals surface area contributed by atoms with Crippen LogP contribution in [0.5, 0.6) is 0 Å².